The maximum atomic E-state index is 13.9. The molecule has 0 aromatic carbocycles. The Labute approximate surface area is 205 Å². The van der Waals surface area contributed by atoms with Gasteiger partial charge in [0.15, 0.2) is 17.4 Å². The van der Waals surface area contributed by atoms with Crippen molar-refractivity contribution in [3.8, 4) is 6.01 Å². The van der Waals surface area contributed by atoms with Gasteiger partial charge in [-0.15, -0.1) is 0 Å². The number of hydrogen-bond donors (Lipinski definition) is 0. The number of likely N-dealkylation sites (N-methyl/N-ethyl adjacent to an activating group) is 1. The van der Waals surface area contributed by atoms with Crippen LogP contribution >= 0.6 is 11.6 Å². The number of rotatable bonds is 5. The zero-order valence-electron chi connectivity index (χ0n) is 20.1. The second-order valence-electron chi connectivity index (χ2n) is 10.3. The minimum Gasteiger partial charge on any atom is -0.459 e. The van der Waals surface area contributed by atoms with Crippen LogP contribution in [0, 0.1) is 11.3 Å². The van der Waals surface area contributed by atoms with Crippen molar-refractivity contribution in [1.29, 1.82) is 0 Å². The van der Waals surface area contributed by atoms with Gasteiger partial charge in [-0.25, -0.2) is 0 Å². The van der Waals surface area contributed by atoms with Crippen molar-refractivity contribution in [1.82, 2.24) is 14.9 Å². The van der Waals surface area contributed by atoms with Crippen LogP contribution in [0.1, 0.15) is 75.2 Å². The lowest BCUT2D eigenvalue weighted by atomic mass is 9.57. The van der Waals surface area contributed by atoms with Crippen molar-refractivity contribution in [3.63, 3.8) is 0 Å². The zero-order valence-corrected chi connectivity index (χ0v) is 20.8. The molecule has 0 bridgehead atoms. The molecule has 9 heteroatoms. The molecule has 0 radical (unpaired) electrons. The molecule has 1 aromatic rings. The smallest absolute Gasteiger partial charge is 0.318 e. The Morgan fingerprint density at radius 3 is 2.62 bits per heavy atom. The first-order chi connectivity index (χ1) is 16.4. The number of carbonyl (C=O) groups is 2. The van der Waals surface area contributed by atoms with Crippen LogP contribution in [-0.4, -0.2) is 71.2 Å². The molecule has 2 spiro atoms. The minimum atomic E-state index is -0.887. The summed E-state index contributed by atoms with van der Waals surface area (Å²) in [5, 5.41) is 0.134. The summed E-state index contributed by atoms with van der Waals surface area (Å²) < 4.78 is 18.2. The van der Waals surface area contributed by atoms with Crippen LogP contribution in [0.3, 0.4) is 0 Å². The molecule has 34 heavy (non-hydrogen) atoms. The van der Waals surface area contributed by atoms with Crippen molar-refractivity contribution in [2.45, 2.75) is 82.6 Å². The van der Waals surface area contributed by atoms with Gasteiger partial charge in [0.25, 0.3) is 0 Å². The van der Waals surface area contributed by atoms with Crippen LogP contribution < -0.4 is 4.74 Å². The number of likely N-dealkylation sites (tertiary alicyclic amines) is 1. The average Bonchev–Trinajstić information content (AvgIpc) is 3.46. The first-order valence-corrected chi connectivity index (χ1v) is 13.0. The molecular formula is C25H34ClN3O5. The number of carbonyl (C=O) groups excluding carboxylic acids is 2. The maximum absolute atomic E-state index is 13.9. The normalized spacial score (nSPS) is 32.4. The van der Waals surface area contributed by atoms with E-state index < -0.39 is 17.1 Å². The Kier molecular flexibility index (Phi) is 6.70. The van der Waals surface area contributed by atoms with Crippen LogP contribution in [0.2, 0.25) is 5.15 Å². The van der Waals surface area contributed by atoms with Crippen molar-refractivity contribution in [2.75, 3.05) is 26.8 Å². The molecule has 2 saturated heterocycles. The van der Waals surface area contributed by atoms with Crippen molar-refractivity contribution in [3.05, 3.63) is 16.9 Å². The number of Topliss-reactive ketones (excluding diaryl/α,β-unsaturated/α-hetero) is 2. The van der Waals surface area contributed by atoms with Crippen LogP contribution in [-0.2, 0) is 14.3 Å². The summed E-state index contributed by atoms with van der Waals surface area (Å²) in [7, 11) is 2.08. The molecule has 1 unspecified atom stereocenters. The Morgan fingerprint density at radius 1 is 1.15 bits per heavy atom. The predicted octanol–water partition coefficient (Wildman–Crippen LogP) is 3.85. The largest absolute Gasteiger partial charge is 0.459 e. The van der Waals surface area contributed by atoms with Gasteiger partial charge in [-0.1, -0.05) is 24.4 Å². The second-order valence-corrected chi connectivity index (χ2v) is 10.7. The second kappa shape index (κ2) is 9.45. The number of ketones is 2. The quantitative estimate of drug-likeness (QED) is 0.348. The van der Waals surface area contributed by atoms with Crippen molar-refractivity contribution in [2.24, 2.45) is 11.3 Å². The molecule has 4 atom stereocenters. The summed E-state index contributed by atoms with van der Waals surface area (Å²) in [6.45, 7) is 3.99. The molecule has 2 saturated carbocycles. The molecule has 4 aliphatic rings. The molecule has 1 aromatic heterocycles. The highest BCUT2D eigenvalue weighted by Gasteiger charge is 2.63. The lowest BCUT2D eigenvalue weighted by Gasteiger charge is -2.51. The van der Waals surface area contributed by atoms with E-state index >= 15 is 0 Å². The van der Waals surface area contributed by atoms with E-state index in [1.807, 2.05) is 6.92 Å². The first kappa shape index (κ1) is 24.1. The molecule has 0 N–H and O–H groups in total. The fraction of sp³-hybridized carbons (Fsp3) is 0.760. The summed E-state index contributed by atoms with van der Waals surface area (Å²) in [5.74, 6) is -2.05. The van der Waals surface area contributed by atoms with E-state index in [2.05, 4.69) is 21.9 Å². The lowest BCUT2D eigenvalue weighted by Crippen LogP contribution is -2.60. The predicted molar refractivity (Wildman–Crippen MR) is 125 cm³/mol. The molecule has 186 valence electrons. The van der Waals surface area contributed by atoms with E-state index in [1.54, 1.807) is 0 Å². The number of halogens is 1. The molecule has 8 nitrogen and oxygen atoms in total. The Morgan fingerprint density at radius 2 is 1.88 bits per heavy atom. The van der Waals surface area contributed by atoms with Gasteiger partial charge < -0.3 is 14.2 Å². The summed E-state index contributed by atoms with van der Waals surface area (Å²) in [6, 6.07) is 1.78. The van der Waals surface area contributed by atoms with Gasteiger partial charge in [-0.3, -0.25) is 14.5 Å². The first-order valence-electron chi connectivity index (χ1n) is 12.6. The Hall–Kier alpha value is -1.61. The van der Waals surface area contributed by atoms with Gasteiger partial charge in [0.1, 0.15) is 17.0 Å². The molecule has 5 rings (SSSR count). The molecule has 3 heterocycles. The summed E-state index contributed by atoms with van der Waals surface area (Å²) in [6.07, 6.45) is 7.26. The average molecular weight is 492 g/mol. The highest BCUT2D eigenvalue weighted by molar-refractivity contribution is 6.29. The summed E-state index contributed by atoms with van der Waals surface area (Å²) in [4.78, 5) is 38.4. The highest BCUT2D eigenvalue weighted by atomic mass is 35.5. The highest BCUT2D eigenvalue weighted by Crippen LogP contribution is 2.56. The third-order valence-corrected chi connectivity index (χ3v) is 8.57. The van der Waals surface area contributed by atoms with E-state index in [0.29, 0.717) is 38.9 Å². The number of ether oxygens (including phenoxy) is 3. The molecule has 2 aliphatic heterocycles. The molecule has 4 fully saturated rings. The molecular weight excluding hydrogens is 458 g/mol. The third kappa shape index (κ3) is 4.06. The number of nitrogens with zero attached hydrogens (tertiary/aromatic N) is 3. The number of fused-ring (bicyclic) bond motifs is 1. The topological polar surface area (TPSA) is 90.8 Å². The van der Waals surface area contributed by atoms with Gasteiger partial charge in [0.05, 0.1) is 24.5 Å². The lowest BCUT2D eigenvalue weighted by molar-refractivity contribution is -0.255. The van der Waals surface area contributed by atoms with Crippen molar-refractivity contribution >= 4 is 23.2 Å². The number of aromatic nitrogens is 2. The Bertz CT molecular complexity index is 948. The van der Waals surface area contributed by atoms with Gasteiger partial charge in [-0.2, -0.15) is 9.97 Å². The van der Waals surface area contributed by atoms with Crippen LogP contribution in [0.15, 0.2) is 6.07 Å². The molecule has 0 amide bonds. The minimum absolute atomic E-state index is 0.0662. The van der Waals surface area contributed by atoms with Crippen LogP contribution in [0.25, 0.3) is 0 Å². The van der Waals surface area contributed by atoms with Crippen LogP contribution in [0.5, 0.6) is 6.01 Å². The summed E-state index contributed by atoms with van der Waals surface area (Å²) >= 11 is 6.26. The maximum Gasteiger partial charge on any atom is 0.318 e. The van der Waals surface area contributed by atoms with E-state index in [0.717, 1.165) is 38.6 Å². The van der Waals surface area contributed by atoms with Gasteiger partial charge in [0.2, 0.25) is 0 Å². The fourth-order valence-electron chi connectivity index (χ4n) is 6.69. The summed E-state index contributed by atoms with van der Waals surface area (Å²) in [5.41, 5.74) is -0.631. The molecule has 2 aliphatic carbocycles. The van der Waals surface area contributed by atoms with Crippen molar-refractivity contribution < 1.29 is 23.8 Å². The SMILES string of the molecule is C[C@H](Oc1nc(Cl)cc(C(=O)C2CCC[C@@]3(CCCCC34OCCO4)C2=O)n1)[C@@H]1CCCN1C. The monoisotopic (exact) mass is 491 g/mol. The van der Waals surface area contributed by atoms with E-state index in [9.17, 15) is 9.59 Å². The van der Waals surface area contributed by atoms with Gasteiger partial charge >= 0.3 is 6.01 Å². The third-order valence-electron chi connectivity index (χ3n) is 8.38. The van der Waals surface area contributed by atoms with Gasteiger partial charge in [-0.05, 0) is 59.0 Å². The van der Waals surface area contributed by atoms with E-state index in [1.165, 1.54) is 6.07 Å². The number of hydrogen-bond acceptors (Lipinski definition) is 8. The van der Waals surface area contributed by atoms with E-state index in [4.69, 9.17) is 25.8 Å². The van der Waals surface area contributed by atoms with Gasteiger partial charge in [0, 0.05) is 18.5 Å². The van der Waals surface area contributed by atoms with Crippen LogP contribution in [0.4, 0.5) is 0 Å². The standard InChI is InChI=1S/C25H34ClN3O5/c1-16(19-8-6-12-29(19)2)34-23-27-18(15-20(26)28-23)21(30)17-7-5-10-24(22(17)31)9-3-4-11-25(24)32-13-14-33-25/h15-17,19H,3-14H2,1-2H3/t16-,17?,19-,24-/m0/s1. The fourth-order valence-corrected chi connectivity index (χ4v) is 6.87. The van der Waals surface area contributed by atoms with E-state index in [-0.39, 0.29) is 40.6 Å². The zero-order chi connectivity index (χ0) is 23.9. The Balaban J connectivity index is 1.38.